The van der Waals surface area contributed by atoms with Gasteiger partial charge in [0.1, 0.15) is 11.5 Å². The number of fused-ring (bicyclic) bond motifs is 5. The smallest absolute Gasteiger partial charge is 0.269 e. The van der Waals surface area contributed by atoms with E-state index in [1.807, 2.05) is 10.9 Å². The van der Waals surface area contributed by atoms with Gasteiger partial charge in [0.15, 0.2) is 0 Å². The summed E-state index contributed by atoms with van der Waals surface area (Å²) in [5, 5.41) is 11.0. The first kappa shape index (κ1) is 15.1. The normalized spacial score (nSPS) is 15.5. The molecule has 1 aliphatic carbocycles. The van der Waals surface area contributed by atoms with E-state index in [0.29, 0.717) is 6.54 Å². The molecular formula is C17H22N6O. The van der Waals surface area contributed by atoms with E-state index in [0.717, 1.165) is 60.8 Å². The highest BCUT2D eigenvalue weighted by atomic mass is 16.2. The maximum Gasteiger partial charge on any atom is 0.269 e. The molecule has 0 unspecified atom stereocenters. The number of nitrogens with zero attached hydrogens (tertiary/aromatic N) is 4. The minimum atomic E-state index is -0.00293. The fourth-order valence-corrected chi connectivity index (χ4v) is 3.39. The highest BCUT2D eigenvalue weighted by Gasteiger charge is 2.30. The molecule has 0 fully saturated rings. The predicted octanol–water partition coefficient (Wildman–Crippen LogP) is 0.761. The van der Waals surface area contributed by atoms with E-state index in [-0.39, 0.29) is 5.91 Å². The van der Waals surface area contributed by atoms with Crippen LogP contribution < -0.4 is 10.6 Å². The maximum absolute atomic E-state index is 12.2. The largest absolute Gasteiger partial charge is 0.369 e. The van der Waals surface area contributed by atoms with E-state index in [4.69, 9.17) is 5.10 Å². The van der Waals surface area contributed by atoms with Crippen molar-refractivity contribution in [2.45, 2.75) is 19.4 Å². The summed E-state index contributed by atoms with van der Waals surface area (Å²) < 4.78 is 1.86. The van der Waals surface area contributed by atoms with Crippen molar-refractivity contribution in [1.82, 2.24) is 25.0 Å². The van der Waals surface area contributed by atoms with Crippen LogP contribution in [0.1, 0.15) is 21.6 Å². The summed E-state index contributed by atoms with van der Waals surface area (Å²) in [6, 6.07) is 2.07. The van der Waals surface area contributed by atoms with E-state index >= 15 is 0 Å². The number of aryl methyl sites for hydroxylation is 1. The van der Waals surface area contributed by atoms with Crippen LogP contribution in [-0.4, -0.2) is 59.3 Å². The Morgan fingerprint density at radius 3 is 3.08 bits per heavy atom. The van der Waals surface area contributed by atoms with Crippen molar-refractivity contribution in [3.63, 3.8) is 0 Å². The second-order valence-corrected chi connectivity index (χ2v) is 6.61. The van der Waals surface area contributed by atoms with Crippen LogP contribution in [0.25, 0.3) is 11.3 Å². The van der Waals surface area contributed by atoms with Crippen molar-refractivity contribution in [1.29, 1.82) is 0 Å². The zero-order chi connectivity index (χ0) is 16.7. The van der Waals surface area contributed by atoms with Crippen LogP contribution in [0.15, 0.2) is 12.3 Å². The Labute approximate surface area is 141 Å². The molecule has 7 nitrogen and oxygen atoms in total. The molecule has 0 bridgehead atoms. The summed E-state index contributed by atoms with van der Waals surface area (Å²) in [6.45, 7) is 3.17. The zero-order valence-corrected chi connectivity index (χ0v) is 14.1. The molecule has 0 spiro atoms. The molecule has 2 aliphatic rings. The van der Waals surface area contributed by atoms with Gasteiger partial charge in [-0.1, -0.05) is 0 Å². The van der Waals surface area contributed by atoms with Crippen LogP contribution in [0.2, 0.25) is 0 Å². The second-order valence-electron chi connectivity index (χ2n) is 6.61. The van der Waals surface area contributed by atoms with Gasteiger partial charge in [-0.05, 0) is 38.6 Å². The first-order valence-corrected chi connectivity index (χ1v) is 8.39. The van der Waals surface area contributed by atoms with Crippen LogP contribution in [0.5, 0.6) is 0 Å². The van der Waals surface area contributed by atoms with E-state index in [1.54, 1.807) is 0 Å². The highest BCUT2D eigenvalue weighted by molar-refractivity contribution is 5.97. The Bertz CT molecular complexity index is 795. The van der Waals surface area contributed by atoms with Crippen LogP contribution in [0.4, 0.5) is 5.82 Å². The van der Waals surface area contributed by atoms with Gasteiger partial charge in [-0.25, -0.2) is 4.98 Å². The van der Waals surface area contributed by atoms with E-state index in [1.165, 1.54) is 5.56 Å². The molecule has 0 aromatic carbocycles. The monoisotopic (exact) mass is 326 g/mol. The third kappa shape index (κ3) is 2.54. The topological polar surface area (TPSA) is 75.1 Å². The SMILES string of the molecule is CN(C)CCNc1cc2c(cn1)CCc1c-2nn2c1C(=O)NCC2. The summed E-state index contributed by atoms with van der Waals surface area (Å²) in [5.41, 5.74) is 5.07. The predicted molar refractivity (Wildman–Crippen MR) is 92.2 cm³/mol. The molecule has 0 radical (unpaired) electrons. The molecule has 0 saturated heterocycles. The van der Waals surface area contributed by atoms with Gasteiger partial charge in [0.05, 0.1) is 12.2 Å². The molecule has 24 heavy (non-hydrogen) atoms. The third-order valence-corrected chi connectivity index (χ3v) is 4.63. The number of aromatic nitrogens is 3. The van der Waals surface area contributed by atoms with E-state index < -0.39 is 0 Å². The van der Waals surface area contributed by atoms with Crippen LogP contribution in [0.3, 0.4) is 0 Å². The van der Waals surface area contributed by atoms with Gasteiger partial charge >= 0.3 is 0 Å². The van der Waals surface area contributed by atoms with Gasteiger partial charge in [0, 0.05) is 37.0 Å². The molecular weight excluding hydrogens is 304 g/mol. The molecule has 3 heterocycles. The number of likely N-dealkylation sites (N-methyl/N-ethyl adjacent to an activating group) is 1. The number of carbonyl (C=O) groups excluding carboxylic acids is 1. The van der Waals surface area contributed by atoms with Crippen molar-refractivity contribution < 1.29 is 4.79 Å². The number of carbonyl (C=O) groups is 1. The first-order valence-electron chi connectivity index (χ1n) is 8.39. The lowest BCUT2D eigenvalue weighted by atomic mass is 9.90. The van der Waals surface area contributed by atoms with Crippen LogP contribution in [-0.2, 0) is 19.4 Å². The van der Waals surface area contributed by atoms with Crippen LogP contribution >= 0.6 is 0 Å². The fourth-order valence-electron chi connectivity index (χ4n) is 3.39. The maximum atomic E-state index is 12.2. The fraction of sp³-hybridized carbons (Fsp3) is 0.471. The van der Waals surface area contributed by atoms with Crippen molar-refractivity contribution in [2.24, 2.45) is 0 Å². The molecule has 2 aromatic rings. The molecule has 126 valence electrons. The standard InChI is InChI=1S/C17H22N6O/c1-22(2)7-5-18-14-9-13-11(10-20-14)3-4-12-15(13)21-23-8-6-19-17(24)16(12)23/h9-10H,3-8H2,1-2H3,(H,18,20)(H,19,24). The average molecular weight is 326 g/mol. The lowest BCUT2D eigenvalue weighted by Crippen LogP contribution is -2.36. The third-order valence-electron chi connectivity index (χ3n) is 4.63. The summed E-state index contributed by atoms with van der Waals surface area (Å²) in [6.07, 6.45) is 3.69. The number of anilines is 1. The summed E-state index contributed by atoms with van der Waals surface area (Å²) in [5.74, 6) is 0.857. The number of amides is 1. The Morgan fingerprint density at radius 1 is 1.38 bits per heavy atom. The van der Waals surface area contributed by atoms with Crippen molar-refractivity contribution in [2.75, 3.05) is 39.0 Å². The average Bonchev–Trinajstić information content (AvgIpc) is 2.95. The quantitative estimate of drug-likeness (QED) is 0.868. The lowest BCUT2D eigenvalue weighted by molar-refractivity contribution is 0.0923. The van der Waals surface area contributed by atoms with Crippen LogP contribution in [0, 0.1) is 0 Å². The van der Waals surface area contributed by atoms with E-state index in [2.05, 4.69) is 40.7 Å². The van der Waals surface area contributed by atoms with E-state index in [9.17, 15) is 4.79 Å². The molecule has 2 N–H and O–H groups in total. The Morgan fingerprint density at radius 2 is 2.25 bits per heavy atom. The highest BCUT2D eigenvalue weighted by Crippen LogP contribution is 2.35. The van der Waals surface area contributed by atoms with Crippen molar-refractivity contribution in [3.8, 4) is 11.3 Å². The Balaban J connectivity index is 1.68. The molecule has 0 atom stereocenters. The molecule has 0 saturated carbocycles. The first-order chi connectivity index (χ1) is 11.6. The minimum Gasteiger partial charge on any atom is -0.369 e. The van der Waals surface area contributed by atoms with Gasteiger partial charge in [-0.15, -0.1) is 0 Å². The number of nitrogens with one attached hydrogen (secondary N) is 2. The molecule has 7 heteroatoms. The zero-order valence-electron chi connectivity index (χ0n) is 14.1. The molecule has 1 aliphatic heterocycles. The number of pyridine rings is 1. The Kier molecular flexibility index (Phi) is 3.72. The van der Waals surface area contributed by atoms with Gasteiger partial charge in [0.25, 0.3) is 5.91 Å². The van der Waals surface area contributed by atoms with Gasteiger partial charge < -0.3 is 15.5 Å². The van der Waals surface area contributed by atoms with Crippen molar-refractivity contribution in [3.05, 3.63) is 29.1 Å². The number of hydrogen-bond acceptors (Lipinski definition) is 5. The van der Waals surface area contributed by atoms with Gasteiger partial charge in [0.2, 0.25) is 0 Å². The molecule has 1 amide bonds. The number of rotatable bonds is 4. The summed E-state index contributed by atoms with van der Waals surface area (Å²) in [7, 11) is 4.10. The number of hydrogen-bond donors (Lipinski definition) is 2. The minimum absolute atomic E-state index is 0.00293. The van der Waals surface area contributed by atoms with Crippen molar-refractivity contribution >= 4 is 11.7 Å². The Hall–Kier alpha value is -2.41. The molecule has 4 rings (SSSR count). The summed E-state index contributed by atoms with van der Waals surface area (Å²) >= 11 is 0. The second kappa shape index (κ2) is 5.90. The molecule has 2 aromatic heterocycles. The lowest BCUT2D eigenvalue weighted by Gasteiger charge is -2.18. The van der Waals surface area contributed by atoms with Gasteiger partial charge in [-0.3, -0.25) is 9.48 Å². The van der Waals surface area contributed by atoms with Gasteiger partial charge in [-0.2, -0.15) is 5.10 Å². The summed E-state index contributed by atoms with van der Waals surface area (Å²) in [4.78, 5) is 18.8.